The summed E-state index contributed by atoms with van der Waals surface area (Å²) in [5.41, 5.74) is 10.3. The Labute approximate surface area is 330 Å². The van der Waals surface area contributed by atoms with Crippen molar-refractivity contribution < 1.29 is 28.7 Å². The normalized spacial score (nSPS) is 14.9. The summed E-state index contributed by atoms with van der Waals surface area (Å²) < 4.78 is 11.1. The highest BCUT2D eigenvalue weighted by atomic mass is 32.2. The number of aromatic nitrogens is 2. The van der Waals surface area contributed by atoms with Gasteiger partial charge in [-0.05, 0) is 111 Å². The molecular weight excluding hydrogens is 733 g/mol. The quantitative estimate of drug-likeness (QED) is 0.0341. The van der Waals surface area contributed by atoms with Gasteiger partial charge in [-0.1, -0.05) is 36.4 Å². The smallest absolute Gasteiger partial charge is 0.306 e. The number of nitrogens with one attached hydrogen (secondary N) is 4. The predicted octanol–water partition coefficient (Wildman–Crippen LogP) is 8.58. The number of benzene rings is 2. The molecule has 0 bridgehead atoms. The first-order valence-electron chi connectivity index (χ1n) is 18.7. The summed E-state index contributed by atoms with van der Waals surface area (Å²) in [6.45, 7) is 9.08. The maximum absolute atomic E-state index is 12.6. The molecule has 2 aliphatic heterocycles. The van der Waals surface area contributed by atoms with Crippen LogP contribution in [-0.4, -0.2) is 62.5 Å². The van der Waals surface area contributed by atoms with Crippen molar-refractivity contribution in [1.82, 2.24) is 9.97 Å². The minimum atomic E-state index is -0.235. The van der Waals surface area contributed by atoms with E-state index in [4.69, 9.17) is 9.47 Å². The van der Waals surface area contributed by atoms with E-state index in [1.54, 1.807) is 0 Å². The highest BCUT2D eigenvalue weighted by molar-refractivity contribution is 8.18. The molecule has 55 heavy (non-hydrogen) atoms. The van der Waals surface area contributed by atoms with Crippen molar-refractivity contribution in [3.63, 3.8) is 0 Å². The molecule has 2 aliphatic rings. The number of fused-ring (bicyclic) bond motifs is 2. The van der Waals surface area contributed by atoms with Crippen LogP contribution in [0.1, 0.15) is 84.3 Å². The van der Waals surface area contributed by atoms with Gasteiger partial charge in [0.15, 0.2) is 0 Å². The maximum atomic E-state index is 12.6. The van der Waals surface area contributed by atoms with Gasteiger partial charge in [0.05, 0.1) is 28.4 Å². The first-order chi connectivity index (χ1) is 26.5. The minimum absolute atomic E-state index is 0.0328. The number of hydrogen-bond acceptors (Lipinski definition) is 8. The van der Waals surface area contributed by atoms with Crippen molar-refractivity contribution >= 4 is 81.9 Å². The number of carbonyl (C=O) groups is 4. The van der Waals surface area contributed by atoms with Gasteiger partial charge in [0, 0.05) is 59.1 Å². The monoisotopic (exact) mass is 780 g/mol. The molecule has 4 aromatic rings. The van der Waals surface area contributed by atoms with E-state index in [9.17, 15) is 19.2 Å². The van der Waals surface area contributed by atoms with Crippen molar-refractivity contribution in [2.24, 2.45) is 0 Å². The zero-order valence-electron chi connectivity index (χ0n) is 31.8. The fourth-order valence-corrected chi connectivity index (χ4v) is 9.03. The van der Waals surface area contributed by atoms with Crippen molar-refractivity contribution in [2.75, 3.05) is 35.4 Å². The third-order valence-electron chi connectivity index (χ3n) is 9.65. The van der Waals surface area contributed by atoms with Gasteiger partial charge in [-0.2, -0.15) is 0 Å². The van der Waals surface area contributed by atoms with Crippen LogP contribution in [0.2, 0.25) is 0 Å². The highest BCUT2D eigenvalue weighted by Gasteiger charge is 2.26. The second-order valence-corrected chi connectivity index (χ2v) is 17.8. The van der Waals surface area contributed by atoms with Gasteiger partial charge in [-0.3, -0.25) is 19.2 Å². The Hall–Kier alpha value is -4.94. The Bertz CT molecular complexity index is 1980. The molecule has 2 aromatic carbocycles. The minimum Gasteiger partial charge on any atom is -0.466 e. The first-order valence-corrected chi connectivity index (χ1v) is 20.6. The second-order valence-electron chi connectivity index (χ2n) is 14.1. The number of aromatic amines is 2. The van der Waals surface area contributed by atoms with E-state index in [0.29, 0.717) is 37.2 Å². The van der Waals surface area contributed by atoms with Crippen LogP contribution in [0.4, 0.5) is 11.4 Å². The summed E-state index contributed by atoms with van der Waals surface area (Å²) in [5.74, 6) is 0.971. The molecule has 0 saturated heterocycles. The summed E-state index contributed by atoms with van der Waals surface area (Å²) in [5, 5.41) is 5.80. The summed E-state index contributed by atoms with van der Waals surface area (Å²) in [6, 6.07) is 15.2. The molecule has 12 heteroatoms. The van der Waals surface area contributed by atoms with E-state index in [2.05, 4.69) is 34.4 Å². The molecule has 4 heterocycles. The van der Waals surface area contributed by atoms with E-state index in [1.807, 2.05) is 110 Å². The molecule has 2 aromatic heterocycles. The van der Waals surface area contributed by atoms with Gasteiger partial charge >= 0.3 is 11.9 Å². The Morgan fingerprint density at radius 1 is 0.673 bits per heavy atom. The molecule has 2 amide bonds. The van der Waals surface area contributed by atoms with E-state index >= 15 is 0 Å². The molecule has 0 aliphatic carbocycles. The van der Waals surface area contributed by atoms with Crippen molar-refractivity contribution in [3.05, 3.63) is 106 Å². The number of ether oxygens (including phenoxy) is 2. The van der Waals surface area contributed by atoms with Crippen molar-refractivity contribution in [1.29, 1.82) is 0 Å². The SMILES string of the molecule is Cc1c[nH]c(/C=C2\C(=O)Nc3ccccc32)c1CCC(=O)OCCCSC(C)(C)SCCCOC(=O)CCc1c(C)c[nH]c1/C=C1\C(=O)Nc2ccccc21. The average molecular weight is 781 g/mol. The van der Waals surface area contributed by atoms with Crippen molar-refractivity contribution in [3.8, 4) is 0 Å². The molecule has 10 nitrogen and oxygen atoms in total. The summed E-state index contributed by atoms with van der Waals surface area (Å²) in [6.07, 6.45) is 10.6. The summed E-state index contributed by atoms with van der Waals surface area (Å²) >= 11 is 3.65. The molecule has 288 valence electrons. The first kappa shape index (κ1) is 39.7. The fourth-order valence-electron chi connectivity index (χ4n) is 6.69. The number of para-hydroxylation sites is 2. The van der Waals surface area contributed by atoms with Gasteiger partial charge < -0.3 is 30.1 Å². The zero-order valence-corrected chi connectivity index (χ0v) is 33.4. The van der Waals surface area contributed by atoms with E-state index in [1.165, 1.54) is 0 Å². The number of aryl methyl sites for hydroxylation is 2. The second kappa shape index (κ2) is 18.1. The number of esters is 2. The Morgan fingerprint density at radius 3 is 1.53 bits per heavy atom. The number of carbonyl (C=O) groups excluding carboxylic acids is 4. The topological polar surface area (TPSA) is 142 Å². The summed E-state index contributed by atoms with van der Waals surface area (Å²) in [7, 11) is 0. The zero-order chi connectivity index (χ0) is 39.0. The largest absolute Gasteiger partial charge is 0.466 e. The van der Waals surface area contributed by atoms with Gasteiger partial charge in [0.2, 0.25) is 0 Å². The van der Waals surface area contributed by atoms with Gasteiger partial charge in [-0.15, -0.1) is 23.5 Å². The van der Waals surface area contributed by atoms with Crippen LogP contribution in [0.3, 0.4) is 0 Å². The van der Waals surface area contributed by atoms with Crippen LogP contribution < -0.4 is 10.6 Å². The van der Waals surface area contributed by atoms with E-state index in [-0.39, 0.29) is 40.7 Å². The molecule has 0 atom stereocenters. The molecule has 0 radical (unpaired) electrons. The molecule has 0 fully saturated rings. The lowest BCUT2D eigenvalue weighted by molar-refractivity contribution is -0.144. The lowest BCUT2D eigenvalue weighted by Crippen LogP contribution is -2.14. The number of H-pyrrole nitrogens is 2. The van der Waals surface area contributed by atoms with Gasteiger partial charge in [0.1, 0.15) is 0 Å². The maximum Gasteiger partial charge on any atom is 0.306 e. The van der Waals surface area contributed by atoms with Crippen LogP contribution in [0.25, 0.3) is 23.3 Å². The Morgan fingerprint density at radius 2 is 1.09 bits per heavy atom. The van der Waals surface area contributed by atoms with Gasteiger partial charge in [-0.25, -0.2) is 0 Å². The molecule has 4 N–H and O–H groups in total. The standard InChI is InChI=1S/C43H48N4O6S2/c1-27-25-44-37(23-33-31-11-5-7-13-35(31)46-41(33)50)29(27)15-17-39(48)52-19-9-21-54-43(3,4)55-22-10-20-53-40(49)18-16-30-28(2)26-45-38(30)24-34-32-12-6-8-14-36(32)47-42(34)51/h5-8,11-14,23-26,44-45H,9-10,15-22H2,1-4H3,(H,46,50)(H,47,51)/b33-23-,34-24-. The molecule has 0 unspecified atom stereocenters. The van der Waals surface area contributed by atoms with E-state index in [0.717, 1.165) is 80.5 Å². The number of thioether (sulfide) groups is 2. The van der Waals surface area contributed by atoms with Crippen LogP contribution >= 0.6 is 23.5 Å². The Kier molecular flexibility index (Phi) is 13.1. The van der Waals surface area contributed by atoms with Crippen LogP contribution in [0, 0.1) is 13.8 Å². The van der Waals surface area contributed by atoms with Crippen molar-refractivity contribution in [2.45, 2.75) is 70.3 Å². The lowest BCUT2D eigenvalue weighted by Gasteiger charge is -2.23. The van der Waals surface area contributed by atoms with Crippen LogP contribution in [0.5, 0.6) is 0 Å². The number of amides is 2. The number of anilines is 2. The van der Waals surface area contributed by atoms with Gasteiger partial charge in [0.25, 0.3) is 11.8 Å². The third kappa shape index (κ3) is 10.2. The van der Waals surface area contributed by atoms with E-state index < -0.39 is 0 Å². The fraction of sp³-hybridized carbons (Fsp3) is 0.349. The lowest BCUT2D eigenvalue weighted by atomic mass is 10.0. The predicted molar refractivity (Wildman–Crippen MR) is 224 cm³/mol. The molecule has 0 saturated carbocycles. The average Bonchev–Trinajstić information content (AvgIpc) is 3.89. The third-order valence-corrected chi connectivity index (χ3v) is 12.7. The number of rotatable bonds is 18. The van der Waals surface area contributed by atoms with Crippen LogP contribution in [-0.2, 0) is 41.5 Å². The molecule has 6 rings (SSSR count). The summed E-state index contributed by atoms with van der Waals surface area (Å²) in [4.78, 5) is 56.9. The Balaban J connectivity index is 0.840. The number of hydrogen-bond donors (Lipinski definition) is 4. The molecular formula is C43H48N4O6S2. The highest BCUT2D eigenvalue weighted by Crippen LogP contribution is 2.37. The molecule has 0 spiro atoms. The van der Waals surface area contributed by atoms with Crippen LogP contribution in [0.15, 0.2) is 60.9 Å².